The fourth-order valence-corrected chi connectivity index (χ4v) is 2.22. The van der Waals surface area contributed by atoms with Crippen LogP contribution in [0.3, 0.4) is 0 Å². The van der Waals surface area contributed by atoms with Gasteiger partial charge in [0.2, 0.25) is 0 Å². The van der Waals surface area contributed by atoms with Crippen LogP contribution in [0.2, 0.25) is 0 Å². The zero-order valence-electron chi connectivity index (χ0n) is 12.0. The summed E-state index contributed by atoms with van der Waals surface area (Å²) in [7, 11) is 3.13. The van der Waals surface area contributed by atoms with Crippen molar-refractivity contribution in [3.63, 3.8) is 0 Å². The SMILES string of the molecule is COc1ccc(CC(C#N)c2ccccc2F)c(OC)c1. The average molecular weight is 285 g/mol. The predicted octanol–water partition coefficient (Wildman–Crippen LogP) is 3.69. The van der Waals surface area contributed by atoms with Gasteiger partial charge in [0, 0.05) is 11.6 Å². The maximum atomic E-state index is 13.8. The molecule has 0 aromatic heterocycles. The lowest BCUT2D eigenvalue weighted by Crippen LogP contribution is -2.04. The second-order valence-corrected chi connectivity index (χ2v) is 4.59. The maximum absolute atomic E-state index is 13.8. The number of nitriles is 1. The van der Waals surface area contributed by atoms with Gasteiger partial charge in [-0.05, 0) is 24.1 Å². The third-order valence-electron chi connectivity index (χ3n) is 3.35. The molecule has 0 amide bonds. The van der Waals surface area contributed by atoms with Crippen LogP contribution >= 0.6 is 0 Å². The van der Waals surface area contributed by atoms with Crippen LogP contribution in [0, 0.1) is 17.1 Å². The number of halogens is 1. The largest absolute Gasteiger partial charge is 0.497 e. The van der Waals surface area contributed by atoms with Crippen molar-refractivity contribution in [3.8, 4) is 17.6 Å². The quantitative estimate of drug-likeness (QED) is 0.841. The molecule has 0 fully saturated rings. The van der Waals surface area contributed by atoms with Crippen LogP contribution in [-0.2, 0) is 6.42 Å². The Morgan fingerprint density at radius 2 is 1.90 bits per heavy atom. The molecule has 0 heterocycles. The Morgan fingerprint density at radius 3 is 2.52 bits per heavy atom. The number of benzene rings is 2. The number of hydrogen-bond donors (Lipinski definition) is 0. The van der Waals surface area contributed by atoms with Gasteiger partial charge in [-0.2, -0.15) is 5.26 Å². The van der Waals surface area contributed by atoms with Crippen LogP contribution in [-0.4, -0.2) is 14.2 Å². The van der Waals surface area contributed by atoms with Crippen molar-refractivity contribution < 1.29 is 13.9 Å². The molecule has 2 aromatic rings. The molecule has 2 aromatic carbocycles. The van der Waals surface area contributed by atoms with E-state index in [1.807, 2.05) is 6.07 Å². The zero-order chi connectivity index (χ0) is 15.2. The van der Waals surface area contributed by atoms with Gasteiger partial charge >= 0.3 is 0 Å². The van der Waals surface area contributed by atoms with Crippen molar-refractivity contribution in [3.05, 3.63) is 59.4 Å². The van der Waals surface area contributed by atoms with E-state index in [2.05, 4.69) is 6.07 Å². The first kappa shape index (κ1) is 14.9. The second-order valence-electron chi connectivity index (χ2n) is 4.59. The fourth-order valence-electron chi connectivity index (χ4n) is 2.22. The Kier molecular flexibility index (Phi) is 4.78. The number of methoxy groups -OCH3 is 2. The monoisotopic (exact) mass is 285 g/mol. The summed E-state index contributed by atoms with van der Waals surface area (Å²) < 4.78 is 24.3. The first-order valence-corrected chi connectivity index (χ1v) is 6.54. The third-order valence-corrected chi connectivity index (χ3v) is 3.35. The predicted molar refractivity (Wildman–Crippen MR) is 78.0 cm³/mol. The van der Waals surface area contributed by atoms with E-state index in [1.54, 1.807) is 44.6 Å². The molecule has 0 aliphatic heterocycles. The van der Waals surface area contributed by atoms with Crippen molar-refractivity contribution in [2.24, 2.45) is 0 Å². The molecular formula is C17H16FNO2. The number of ether oxygens (including phenoxy) is 2. The highest BCUT2D eigenvalue weighted by Crippen LogP contribution is 2.30. The van der Waals surface area contributed by atoms with Crippen molar-refractivity contribution in [2.75, 3.05) is 14.2 Å². The highest BCUT2D eigenvalue weighted by Gasteiger charge is 2.18. The molecule has 0 spiro atoms. The van der Waals surface area contributed by atoms with E-state index in [1.165, 1.54) is 6.07 Å². The molecule has 1 atom stereocenters. The Hall–Kier alpha value is -2.54. The topological polar surface area (TPSA) is 42.2 Å². The normalized spacial score (nSPS) is 11.5. The van der Waals surface area contributed by atoms with Gasteiger partial charge in [-0.1, -0.05) is 24.3 Å². The van der Waals surface area contributed by atoms with E-state index < -0.39 is 5.92 Å². The fraction of sp³-hybridized carbons (Fsp3) is 0.235. The third kappa shape index (κ3) is 3.32. The summed E-state index contributed by atoms with van der Waals surface area (Å²) in [5, 5.41) is 9.35. The van der Waals surface area contributed by atoms with Gasteiger partial charge in [-0.3, -0.25) is 0 Å². The van der Waals surface area contributed by atoms with Crippen molar-refractivity contribution >= 4 is 0 Å². The van der Waals surface area contributed by atoms with Gasteiger partial charge in [-0.25, -0.2) is 4.39 Å². The molecule has 2 rings (SSSR count). The van der Waals surface area contributed by atoms with E-state index in [0.717, 1.165) is 5.56 Å². The number of rotatable bonds is 5. The molecule has 1 unspecified atom stereocenters. The lowest BCUT2D eigenvalue weighted by Gasteiger charge is -2.14. The number of hydrogen-bond acceptors (Lipinski definition) is 3. The smallest absolute Gasteiger partial charge is 0.127 e. The Bertz CT molecular complexity index is 664. The van der Waals surface area contributed by atoms with E-state index in [9.17, 15) is 9.65 Å². The summed E-state index contributed by atoms with van der Waals surface area (Å²) in [6.07, 6.45) is 0.380. The van der Waals surface area contributed by atoms with E-state index in [4.69, 9.17) is 9.47 Å². The van der Waals surface area contributed by atoms with Gasteiger partial charge in [-0.15, -0.1) is 0 Å². The zero-order valence-corrected chi connectivity index (χ0v) is 12.0. The molecule has 0 N–H and O–H groups in total. The minimum atomic E-state index is -0.562. The minimum absolute atomic E-state index is 0.364. The summed E-state index contributed by atoms with van der Waals surface area (Å²) in [6, 6.07) is 13.9. The van der Waals surface area contributed by atoms with Crippen LogP contribution in [0.5, 0.6) is 11.5 Å². The number of nitrogens with zero attached hydrogens (tertiary/aromatic N) is 1. The van der Waals surface area contributed by atoms with Crippen LogP contribution in [0.15, 0.2) is 42.5 Å². The van der Waals surface area contributed by atoms with Crippen molar-refractivity contribution in [1.82, 2.24) is 0 Å². The molecule has 0 radical (unpaired) electrons. The van der Waals surface area contributed by atoms with E-state index >= 15 is 0 Å². The summed E-state index contributed by atoms with van der Waals surface area (Å²) >= 11 is 0. The summed E-state index contributed by atoms with van der Waals surface area (Å²) in [5.74, 6) is 0.381. The first-order chi connectivity index (χ1) is 10.2. The van der Waals surface area contributed by atoms with Gasteiger partial charge in [0.15, 0.2) is 0 Å². The molecular weight excluding hydrogens is 269 g/mol. The first-order valence-electron chi connectivity index (χ1n) is 6.54. The van der Waals surface area contributed by atoms with Crippen molar-refractivity contribution in [1.29, 1.82) is 5.26 Å². The Morgan fingerprint density at radius 1 is 1.14 bits per heavy atom. The second kappa shape index (κ2) is 6.76. The molecule has 3 nitrogen and oxygen atoms in total. The lowest BCUT2D eigenvalue weighted by molar-refractivity contribution is 0.390. The molecule has 21 heavy (non-hydrogen) atoms. The molecule has 0 aliphatic carbocycles. The van der Waals surface area contributed by atoms with Gasteiger partial charge in [0.05, 0.1) is 26.2 Å². The van der Waals surface area contributed by atoms with Crippen LogP contribution < -0.4 is 9.47 Å². The van der Waals surface area contributed by atoms with Gasteiger partial charge in [0.25, 0.3) is 0 Å². The van der Waals surface area contributed by atoms with Crippen LogP contribution in [0.4, 0.5) is 4.39 Å². The van der Waals surface area contributed by atoms with Crippen molar-refractivity contribution in [2.45, 2.75) is 12.3 Å². The molecule has 0 aliphatic rings. The molecule has 0 bridgehead atoms. The highest BCUT2D eigenvalue weighted by atomic mass is 19.1. The maximum Gasteiger partial charge on any atom is 0.127 e. The highest BCUT2D eigenvalue weighted by molar-refractivity contribution is 5.42. The van der Waals surface area contributed by atoms with Crippen LogP contribution in [0.25, 0.3) is 0 Å². The molecule has 4 heteroatoms. The molecule has 0 saturated carbocycles. The molecule has 108 valence electrons. The van der Waals surface area contributed by atoms with E-state index in [-0.39, 0.29) is 5.82 Å². The average Bonchev–Trinajstić information content (AvgIpc) is 2.53. The van der Waals surface area contributed by atoms with Crippen LogP contribution in [0.1, 0.15) is 17.0 Å². The Balaban J connectivity index is 2.32. The minimum Gasteiger partial charge on any atom is -0.497 e. The summed E-state index contributed by atoms with van der Waals surface area (Å²) in [5.41, 5.74) is 1.24. The lowest BCUT2D eigenvalue weighted by atomic mass is 9.92. The van der Waals surface area contributed by atoms with Gasteiger partial charge in [0.1, 0.15) is 17.3 Å². The standard InChI is InChI=1S/C17H16FNO2/c1-20-14-8-7-12(17(10-14)21-2)9-13(11-19)15-5-3-4-6-16(15)18/h3-8,10,13H,9H2,1-2H3. The summed E-state index contributed by atoms with van der Waals surface area (Å²) in [6.45, 7) is 0. The van der Waals surface area contributed by atoms with Gasteiger partial charge < -0.3 is 9.47 Å². The molecule has 0 saturated heterocycles. The summed E-state index contributed by atoms with van der Waals surface area (Å²) in [4.78, 5) is 0. The van der Waals surface area contributed by atoms with E-state index in [0.29, 0.717) is 23.5 Å². The Labute approximate surface area is 123 Å².